The summed E-state index contributed by atoms with van der Waals surface area (Å²) < 4.78 is 0.705. The molecular weight excluding hydrogens is 446 g/mol. The molecule has 6 nitrogen and oxygen atoms in total. The number of hydrogen-bond acceptors (Lipinski definition) is 3. The molecule has 1 saturated carbocycles. The number of nitrogens with one attached hydrogen (secondary N) is 2. The lowest BCUT2D eigenvalue weighted by molar-refractivity contribution is -0.141. The molecule has 0 bridgehead atoms. The van der Waals surface area contributed by atoms with Crippen LogP contribution in [0.15, 0.2) is 53.0 Å². The van der Waals surface area contributed by atoms with Crippen LogP contribution in [0.1, 0.15) is 38.7 Å². The van der Waals surface area contributed by atoms with Crippen LogP contribution in [0.3, 0.4) is 0 Å². The topological polar surface area (TPSA) is 81.7 Å². The predicted octanol–water partition coefficient (Wildman–Crippen LogP) is 4.59. The molecule has 4 atom stereocenters. The van der Waals surface area contributed by atoms with Gasteiger partial charge in [-0.05, 0) is 48.6 Å². The van der Waals surface area contributed by atoms with E-state index in [1.165, 1.54) is 0 Å². The number of nitrogens with zero attached hydrogens (tertiary/aromatic N) is 1. The van der Waals surface area contributed by atoms with Gasteiger partial charge in [0.05, 0.1) is 5.69 Å². The summed E-state index contributed by atoms with van der Waals surface area (Å²) in [6.07, 6.45) is 3.02. The van der Waals surface area contributed by atoms with Crippen LogP contribution in [0.5, 0.6) is 0 Å². The van der Waals surface area contributed by atoms with E-state index in [2.05, 4.69) is 40.4 Å². The number of hydrogen-bond donors (Lipinski definition) is 3. The van der Waals surface area contributed by atoms with Crippen molar-refractivity contribution in [3.05, 3.63) is 58.6 Å². The number of carbonyl (C=O) groups is 2. The molecule has 1 aliphatic carbocycles. The first-order valence-electron chi connectivity index (χ1n) is 10.3. The number of aliphatic hydroxyl groups is 1. The van der Waals surface area contributed by atoms with Gasteiger partial charge in [-0.1, -0.05) is 60.8 Å². The Bertz CT molecular complexity index is 967. The molecule has 2 aromatic rings. The van der Waals surface area contributed by atoms with Crippen molar-refractivity contribution in [3.8, 4) is 0 Å². The van der Waals surface area contributed by atoms with E-state index in [4.69, 9.17) is 0 Å². The van der Waals surface area contributed by atoms with Gasteiger partial charge in [0.15, 0.2) is 0 Å². The van der Waals surface area contributed by atoms with Crippen LogP contribution in [0.2, 0.25) is 0 Å². The van der Waals surface area contributed by atoms with E-state index in [1.54, 1.807) is 42.5 Å². The highest BCUT2D eigenvalue weighted by molar-refractivity contribution is 9.10. The fourth-order valence-corrected chi connectivity index (χ4v) is 4.87. The molecule has 4 rings (SSSR count). The largest absolute Gasteiger partial charge is 0.359 e. The molecule has 0 saturated heterocycles. The summed E-state index contributed by atoms with van der Waals surface area (Å²) in [7, 11) is 0. The smallest absolute Gasteiger partial charge is 0.329 e. The molecule has 1 aliphatic heterocycles. The lowest BCUT2D eigenvalue weighted by Crippen LogP contribution is -2.64. The van der Waals surface area contributed by atoms with Crippen LogP contribution in [0, 0.1) is 11.8 Å². The van der Waals surface area contributed by atoms with E-state index in [9.17, 15) is 14.7 Å². The zero-order valence-electron chi connectivity index (χ0n) is 17.1. The lowest BCUT2D eigenvalue weighted by Gasteiger charge is -2.44. The average Bonchev–Trinajstić information content (AvgIpc) is 2.73. The Kier molecular flexibility index (Phi) is 5.59. The third-order valence-corrected chi connectivity index (χ3v) is 6.97. The molecule has 0 spiro atoms. The number of benzene rings is 2. The summed E-state index contributed by atoms with van der Waals surface area (Å²) >= 11 is 3.42. The molecule has 0 unspecified atom stereocenters. The van der Waals surface area contributed by atoms with E-state index in [-0.39, 0.29) is 12.0 Å². The zero-order valence-corrected chi connectivity index (χ0v) is 18.6. The second-order valence-electron chi connectivity index (χ2n) is 8.31. The highest BCUT2D eigenvalue weighted by Crippen LogP contribution is 2.41. The molecule has 1 heterocycles. The third-order valence-electron chi connectivity index (χ3n) is 6.48. The minimum absolute atomic E-state index is 0.0523. The maximum atomic E-state index is 13.6. The molecule has 158 valence electrons. The van der Waals surface area contributed by atoms with Crippen molar-refractivity contribution in [3.63, 3.8) is 0 Å². The Balaban J connectivity index is 1.80. The Labute approximate surface area is 184 Å². The van der Waals surface area contributed by atoms with Crippen LogP contribution in [0.4, 0.5) is 16.2 Å². The average molecular weight is 472 g/mol. The van der Waals surface area contributed by atoms with Gasteiger partial charge in [-0.25, -0.2) is 4.79 Å². The molecule has 7 heteroatoms. The van der Waals surface area contributed by atoms with Crippen molar-refractivity contribution in [2.24, 2.45) is 11.8 Å². The van der Waals surface area contributed by atoms with Gasteiger partial charge >= 0.3 is 6.03 Å². The minimum Gasteiger partial charge on any atom is -0.359 e. The third kappa shape index (κ3) is 3.50. The molecule has 0 radical (unpaired) electrons. The van der Waals surface area contributed by atoms with Gasteiger partial charge in [-0.3, -0.25) is 9.69 Å². The van der Waals surface area contributed by atoms with Crippen LogP contribution >= 0.6 is 15.9 Å². The molecule has 3 N–H and O–H groups in total. The van der Waals surface area contributed by atoms with E-state index in [0.717, 1.165) is 24.2 Å². The lowest BCUT2D eigenvalue weighted by atomic mass is 9.78. The van der Waals surface area contributed by atoms with Crippen LogP contribution in [-0.2, 0) is 10.5 Å². The number of anilines is 2. The fourth-order valence-electron chi connectivity index (χ4n) is 4.51. The fraction of sp³-hybridized carbons (Fsp3) is 0.391. The molecule has 2 aliphatic rings. The maximum absolute atomic E-state index is 13.6. The normalized spacial score (nSPS) is 28.5. The van der Waals surface area contributed by atoms with E-state index >= 15 is 0 Å². The first-order valence-corrected chi connectivity index (χ1v) is 11.1. The van der Waals surface area contributed by atoms with Gasteiger partial charge in [0.1, 0.15) is 0 Å². The second-order valence-corrected chi connectivity index (χ2v) is 9.23. The Hall–Kier alpha value is -2.38. The molecule has 0 aromatic heterocycles. The quantitative estimate of drug-likeness (QED) is 0.612. The number of amides is 3. The second kappa shape index (κ2) is 8.04. The summed E-state index contributed by atoms with van der Waals surface area (Å²) in [6.45, 7) is 4.32. The molecular formula is C23H26BrN3O3. The van der Waals surface area contributed by atoms with Crippen LogP contribution in [-0.4, -0.2) is 23.1 Å². The molecule has 30 heavy (non-hydrogen) atoms. The SMILES string of the molecule is C[C@H]1[C@@H](NC(=O)[C@@]2(O)c3cc(Br)ccc3NC(=O)N2c2ccccc2)CCC[C@@H]1C. The number of carbonyl (C=O) groups excluding carboxylic acids is 2. The van der Waals surface area contributed by atoms with Crippen molar-refractivity contribution >= 4 is 39.2 Å². The molecule has 3 amide bonds. The summed E-state index contributed by atoms with van der Waals surface area (Å²) in [5.41, 5.74) is -1.00. The summed E-state index contributed by atoms with van der Waals surface area (Å²) in [4.78, 5) is 27.8. The summed E-state index contributed by atoms with van der Waals surface area (Å²) in [6, 6.07) is 13.3. The monoisotopic (exact) mass is 471 g/mol. The Morgan fingerprint density at radius 3 is 2.67 bits per heavy atom. The molecule has 1 fully saturated rings. The number of fused-ring (bicyclic) bond motifs is 1. The van der Waals surface area contributed by atoms with Crippen molar-refractivity contribution in [2.75, 3.05) is 10.2 Å². The first-order chi connectivity index (χ1) is 14.3. The number of para-hydroxylation sites is 1. The van der Waals surface area contributed by atoms with Gasteiger partial charge in [0.25, 0.3) is 11.6 Å². The summed E-state index contributed by atoms with van der Waals surface area (Å²) in [5, 5.41) is 17.8. The van der Waals surface area contributed by atoms with Crippen LogP contribution in [0.25, 0.3) is 0 Å². The van der Waals surface area contributed by atoms with Crippen molar-refractivity contribution in [1.82, 2.24) is 5.32 Å². The van der Waals surface area contributed by atoms with E-state index in [0.29, 0.717) is 27.3 Å². The van der Waals surface area contributed by atoms with Crippen molar-refractivity contribution < 1.29 is 14.7 Å². The van der Waals surface area contributed by atoms with Crippen LogP contribution < -0.4 is 15.5 Å². The zero-order chi connectivity index (χ0) is 21.5. The van der Waals surface area contributed by atoms with Gasteiger partial charge < -0.3 is 15.7 Å². The van der Waals surface area contributed by atoms with Gasteiger partial charge in [0.2, 0.25) is 0 Å². The first kappa shape index (κ1) is 20.9. The summed E-state index contributed by atoms with van der Waals surface area (Å²) in [5.74, 6) is 0.183. The minimum atomic E-state index is -2.18. The maximum Gasteiger partial charge on any atom is 0.329 e. The highest BCUT2D eigenvalue weighted by Gasteiger charge is 2.52. The van der Waals surface area contributed by atoms with Gasteiger partial charge in [0, 0.05) is 21.8 Å². The Morgan fingerprint density at radius 2 is 1.93 bits per heavy atom. The van der Waals surface area contributed by atoms with E-state index in [1.807, 2.05) is 6.07 Å². The number of halogens is 1. The number of urea groups is 1. The highest BCUT2D eigenvalue weighted by atomic mass is 79.9. The number of rotatable bonds is 3. The van der Waals surface area contributed by atoms with Gasteiger partial charge in [-0.2, -0.15) is 0 Å². The standard InChI is InChI=1S/C23H26BrN3O3/c1-14-7-6-10-19(15(14)2)25-21(28)23(30)18-13-16(24)11-12-20(18)26-22(29)27(23)17-8-4-3-5-9-17/h3-5,8-9,11-15,19,30H,6-7,10H2,1-2H3,(H,25,28)(H,26,29)/t14-,15+,19-,23-/m0/s1. The Morgan fingerprint density at radius 1 is 1.20 bits per heavy atom. The van der Waals surface area contributed by atoms with Crippen molar-refractivity contribution in [1.29, 1.82) is 0 Å². The predicted molar refractivity (Wildman–Crippen MR) is 120 cm³/mol. The van der Waals surface area contributed by atoms with Crippen molar-refractivity contribution in [2.45, 2.75) is 44.9 Å². The molecule has 2 aromatic carbocycles. The van der Waals surface area contributed by atoms with Gasteiger partial charge in [-0.15, -0.1) is 0 Å². The van der Waals surface area contributed by atoms with E-state index < -0.39 is 17.7 Å².